The van der Waals surface area contributed by atoms with Crippen molar-refractivity contribution in [2.45, 2.75) is 56.5 Å². The van der Waals surface area contributed by atoms with Gasteiger partial charge in [0.05, 0.1) is 55.7 Å². The van der Waals surface area contributed by atoms with Crippen LogP contribution in [-0.2, 0) is 40.8 Å². The Balaban J connectivity index is 0.000000717. The lowest BCUT2D eigenvalue weighted by molar-refractivity contribution is -0.0334. The van der Waals surface area contributed by atoms with Crippen LogP contribution in [0.2, 0.25) is 25.7 Å². The Hall–Kier alpha value is -3.05. The fourth-order valence-electron chi connectivity index (χ4n) is 4.74. The summed E-state index contributed by atoms with van der Waals surface area (Å²) in [4.78, 5) is 17.5. The van der Waals surface area contributed by atoms with Crippen LogP contribution in [-0.4, -0.2) is 118 Å². The maximum Gasteiger partial charge on any atom is 0.248 e. The molecule has 2 saturated heterocycles. The summed E-state index contributed by atoms with van der Waals surface area (Å²) in [7, 11) is -8.36. The number of nitrogens with one attached hydrogen (secondary N) is 1. The second kappa shape index (κ2) is 15.2. The molecule has 3 aromatic heterocycles. The van der Waals surface area contributed by atoms with Crippen LogP contribution < -0.4 is 5.32 Å². The van der Waals surface area contributed by atoms with Crippen molar-refractivity contribution in [1.29, 1.82) is 5.26 Å². The number of sulfone groups is 1. The Morgan fingerprint density at radius 3 is 2.35 bits per heavy atom. The molecule has 1 N–H and O–H groups in total. The number of hydrogen-bond acceptors (Lipinski definition) is 13. The van der Waals surface area contributed by atoms with Crippen molar-refractivity contribution in [1.82, 2.24) is 28.8 Å². The molecule has 0 saturated carbocycles. The van der Waals surface area contributed by atoms with Gasteiger partial charge in [-0.3, -0.25) is 0 Å². The van der Waals surface area contributed by atoms with Gasteiger partial charge in [0.1, 0.15) is 24.1 Å². The van der Waals surface area contributed by atoms with Gasteiger partial charge in [-0.25, -0.2) is 41.1 Å². The zero-order chi connectivity index (χ0) is 33.5. The molecule has 0 unspecified atom stereocenters. The Bertz CT molecular complexity index is 1760. The fourth-order valence-corrected chi connectivity index (χ4v) is 6.91. The molecule has 2 aliphatic rings. The minimum atomic E-state index is -3.72. The first-order valence-corrected chi connectivity index (χ1v) is 22.4. The molecule has 5 rings (SSSR count). The smallest absolute Gasteiger partial charge is 0.248 e. The van der Waals surface area contributed by atoms with E-state index >= 15 is 0 Å². The molecule has 18 heteroatoms. The van der Waals surface area contributed by atoms with Gasteiger partial charge < -0.3 is 24.1 Å². The maximum absolute atomic E-state index is 12.2. The molecule has 15 nitrogen and oxygen atoms in total. The summed E-state index contributed by atoms with van der Waals surface area (Å²) in [5.74, 6) is 0.192. The Morgan fingerprint density at radius 2 is 1.76 bits per heavy atom. The molecule has 0 spiro atoms. The van der Waals surface area contributed by atoms with Crippen molar-refractivity contribution in [3.8, 4) is 17.3 Å². The number of sulfonamides is 1. The van der Waals surface area contributed by atoms with Crippen molar-refractivity contribution in [3.05, 3.63) is 24.2 Å². The number of hydrogen-bond donors (Lipinski definition) is 1. The van der Waals surface area contributed by atoms with E-state index in [0.717, 1.165) is 45.0 Å². The molecule has 0 aliphatic carbocycles. The lowest BCUT2D eigenvalue weighted by Crippen LogP contribution is -2.44. The Kier molecular flexibility index (Phi) is 11.9. The highest BCUT2D eigenvalue weighted by Gasteiger charge is 2.28. The summed E-state index contributed by atoms with van der Waals surface area (Å²) in [6.45, 7) is 11.4. The summed E-state index contributed by atoms with van der Waals surface area (Å²) in [6, 6.07) is 2.85. The largest absolute Gasteiger partial charge is 0.377 e. The quantitative estimate of drug-likeness (QED) is 0.185. The lowest BCUT2D eigenvalue weighted by atomic mass is 10.1. The van der Waals surface area contributed by atoms with Crippen LogP contribution in [0.3, 0.4) is 0 Å². The average Bonchev–Trinajstić information content (AvgIpc) is 3.36. The third-order valence-electron chi connectivity index (χ3n) is 7.22. The van der Waals surface area contributed by atoms with E-state index < -0.39 is 27.9 Å². The third-order valence-corrected chi connectivity index (χ3v) is 11.1. The average molecular weight is 695 g/mol. The second-order valence-corrected chi connectivity index (χ2v) is 21.9. The molecule has 252 valence electrons. The number of ether oxygens (including phenoxy) is 3. The fraction of sp³-hybridized carbons (Fsp3) is 0.607. The van der Waals surface area contributed by atoms with E-state index in [2.05, 4.69) is 51.0 Å². The number of piperidine rings is 1. The third kappa shape index (κ3) is 9.97. The van der Waals surface area contributed by atoms with E-state index in [1.54, 1.807) is 10.8 Å². The van der Waals surface area contributed by atoms with Gasteiger partial charge in [0.25, 0.3) is 0 Å². The van der Waals surface area contributed by atoms with Crippen molar-refractivity contribution in [2.75, 3.05) is 64.0 Å². The lowest BCUT2D eigenvalue weighted by Gasteiger charge is -2.32. The van der Waals surface area contributed by atoms with Gasteiger partial charge >= 0.3 is 0 Å². The number of anilines is 1. The van der Waals surface area contributed by atoms with E-state index in [-0.39, 0.29) is 30.3 Å². The second-order valence-electron chi connectivity index (χ2n) is 12.4. The van der Waals surface area contributed by atoms with Crippen molar-refractivity contribution >= 4 is 44.9 Å². The molecular formula is C28H42N8O7S2Si. The van der Waals surface area contributed by atoms with Crippen molar-refractivity contribution in [2.24, 2.45) is 0 Å². The standard InChI is InChI=1S/C24H34N8O5S2Si.C4H8O2/c1-38(33,34)24-27-12-19(22(30-24)28-18-7-6-8-32(15-18)39(2,35)36)20-13-26-23-21(29-20)17(11-25)14-31(23)16-37-9-10-40(3,4)5;1-2-6-4-3-5-1/h12-14,18H,6-10,15-16H2,1-5H3,(H,27,28,30);1-4H2/t18-;/m0./s1. The molecule has 46 heavy (non-hydrogen) atoms. The predicted molar refractivity (Wildman–Crippen MR) is 175 cm³/mol. The molecule has 5 heterocycles. The molecule has 2 aliphatic heterocycles. The minimum absolute atomic E-state index is 0.192. The van der Waals surface area contributed by atoms with Crippen LogP contribution in [0.25, 0.3) is 22.4 Å². The van der Waals surface area contributed by atoms with Gasteiger partial charge in [-0.2, -0.15) is 5.26 Å². The van der Waals surface area contributed by atoms with Crippen molar-refractivity contribution < 1.29 is 31.0 Å². The van der Waals surface area contributed by atoms with Gasteiger partial charge in [-0.15, -0.1) is 0 Å². The normalized spacial score (nSPS) is 18.0. The Morgan fingerprint density at radius 1 is 1.07 bits per heavy atom. The molecule has 2 fully saturated rings. The van der Waals surface area contributed by atoms with Crippen LogP contribution >= 0.6 is 0 Å². The first-order valence-electron chi connectivity index (χ1n) is 14.9. The number of nitrogens with zero attached hydrogens (tertiary/aromatic N) is 7. The van der Waals surface area contributed by atoms with Gasteiger partial charge in [-0.1, -0.05) is 19.6 Å². The first kappa shape index (κ1) is 35.8. The maximum atomic E-state index is 12.2. The van der Waals surface area contributed by atoms with Crippen LogP contribution in [0.15, 0.2) is 23.7 Å². The summed E-state index contributed by atoms with van der Waals surface area (Å²) in [5, 5.41) is 12.6. The van der Waals surface area contributed by atoms with Crippen LogP contribution in [0.1, 0.15) is 18.4 Å². The van der Waals surface area contributed by atoms with Gasteiger partial charge in [0, 0.05) is 52.5 Å². The summed E-state index contributed by atoms with van der Waals surface area (Å²) in [6.07, 6.45) is 7.97. The van der Waals surface area contributed by atoms with Gasteiger partial charge in [0.15, 0.2) is 5.65 Å². The minimum Gasteiger partial charge on any atom is -0.377 e. The SMILES string of the molecule is C1COCCO1.C[Si](C)(C)CCOCn1cc(C#N)c2nc(-c3cnc(S(C)(=O)=O)nc3N[C@H]3CCCN(S(C)(=O)=O)C3)cnc21. The molecule has 0 amide bonds. The molecule has 3 aromatic rings. The van der Waals surface area contributed by atoms with E-state index in [1.807, 2.05) is 0 Å². The van der Waals surface area contributed by atoms with E-state index in [1.165, 1.54) is 16.7 Å². The van der Waals surface area contributed by atoms with Crippen LogP contribution in [0, 0.1) is 11.3 Å². The molecule has 0 aromatic carbocycles. The van der Waals surface area contributed by atoms with Gasteiger partial charge in [0.2, 0.25) is 25.0 Å². The first-order chi connectivity index (χ1) is 21.7. The summed E-state index contributed by atoms with van der Waals surface area (Å²) < 4.78 is 67.5. The molecule has 1 atom stereocenters. The zero-order valence-corrected chi connectivity index (χ0v) is 29.5. The highest BCUT2D eigenvalue weighted by atomic mass is 32.2. The number of nitriles is 1. The monoisotopic (exact) mass is 694 g/mol. The van der Waals surface area contributed by atoms with E-state index in [0.29, 0.717) is 54.0 Å². The highest BCUT2D eigenvalue weighted by molar-refractivity contribution is 7.90. The molecule has 0 bridgehead atoms. The van der Waals surface area contributed by atoms with E-state index in [4.69, 9.17) is 14.2 Å². The zero-order valence-electron chi connectivity index (χ0n) is 26.9. The number of rotatable bonds is 10. The van der Waals surface area contributed by atoms with Crippen molar-refractivity contribution in [3.63, 3.8) is 0 Å². The Labute approximate surface area is 271 Å². The predicted octanol–water partition coefficient (Wildman–Crippen LogP) is 2.34. The molecule has 0 radical (unpaired) electrons. The number of aromatic nitrogens is 5. The summed E-state index contributed by atoms with van der Waals surface area (Å²) in [5.41, 5.74) is 1.87. The van der Waals surface area contributed by atoms with Crippen LogP contribution in [0.4, 0.5) is 5.82 Å². The van der Waals surface area contributed by atoms with E-state index in [9.17, 15) is 22.1 Å². The highest BCUT2D eigenvalue weighted by Crippen LogP contribution is 2.29. The van der Waals surface area contributed by atoms with Gasteiger partial charge in [-0.05, 0) is 18.9 Å². The topological polar surface area (TPSA) is 192 Å². The molecular weight excluding hydrogens is 653 g/mol. The summed E-state index contributed by atoms with van der Waals surface area (Å²) >= 11 is 0. The van der Waals surface area contributed by atoms with Crippen LogP contribution in [0.5, 0.6) is 0 Å². The number of fused-ring (bicyclic) bond motifs is 1.